The molecule has 1 aromatic rings. The Morgan fingerprint density at radius 1 is 1.10 bits per heavy atom. The molecule has 6 nitrogen and oxygen atoms in total. The molecule has 0 spiro atoms. The molecule has 1 N–H and O–H groups in total. The summed E-state index contributed by atoms with van der Waals surface area (Å²) in [4.78, 5) is 33.5. The second kappa shape index (κ2) is 8.73. The van der Waals surface area contributed by atoms with Gasteiger partial charge in [-0.3, -0.25) is 9.59 Å². The van der Waals surface area contributed by atoms with E-state index >= 15 is 0 Å². The lowest BCUT2D eigenvalue weighted by atomic mass is 10.2. The zero-order chi connectivity index (χ0) is 15.7. The molecule has 6 heteroatoms. The van der Waals surface area contributed by atoms with Crippen molar-refractivity contribution in [2.24, 2.45) is 0 Å². The van der Waals surface area contributed by atoms with Crippen molar-refractivity contribution in [1.29, 1.82) is 0 Å². The van der Waals surface area contributed by atoms with Crippen molar-refractivity contribution in [3.05, 3.63) is 24.3 Å². The molecule has 0 unspecified atom stereocenters. The van der Waals surface area contributed by atoms with Crippen molar-refractivity contribution >= 4 is 23.3 Å². The molecule has 0 bridgehead atoms. The number of ketones is 1. The molecule has 0 radical (unpaired) electrons. The molecule has 21 heavy (non-hydrogen) atoms. The number of amides is 1. The van der Waals surface area contributed by atoms with E-state index in [1.807, 2.05) is 6.92 Å². The summed E-state index contributed by atoms with van der Waals surface area (Å²) < 4.78 is 10.0. The summed E-state index contributed by atoms with van der Waals surface area (Å²) >= 11 is 0. The van der Waals surface area contributed by atoms with E-state index in [2.05, 4.69) is 5.32 Å². The van der Waals surface area contributed by atoms with E-state index in [-0.39, 0.29) is 25.2 Å². The van der Waals surface area contributed by atoms with Gasteiger partial charge in [0.25, 0.3) is 5.91 Å². The highest BCUT2D eigenvalue weighted by atomic mass is 16.5. The lowest BCUT2D eigenvalue weighted by molar-refractivity contribution is -0.148. The number of Topliss-reactive ketones (excluding diaryl/α,β-unsaturated/α-hetero) is 1. The minimum atomic E-state index is -0.563. The Bertz CT molecular complexity index is 495. The van der Waals surface area contributed by atoms with Crippen LogP contribution in [0.3, 0.4) is 0 Å². The van der Waals surface area contributed by atoms with E-state index in [1.54, 1.807) is 24.3 Å². The van der Waals surface area contributed by atoms with Crippen LogP contribution in [0.4, 0.5) is 5.69 Å². The monoisotopic (exact) mass is 293 g/mol. The van der Waals surface area contributed by atoms with Gasteiger partial charge < -0.3 is 19.6 Å². The number of hydrogen-bond donors (Lipinski definition) is 1. The Morgan fingerprint density at radius 3 is 2.33 bits per heavy atom. The van der Waals surface area contributed by atoms with Gasteiger partial charge >= 0.3 is 5.97 Å². The molecule has 1 aromatic carbocycles. The fourth-order valence-electron chi connectivity index (χ4n) is 1.49. The van der Waals surface area contributed by atoms with Crippen LogP contribution < -0.4 is 10.1 Å². The highest BCUT2D eigenvalue weighted by Crippen LogP contribution is 2.15. The minimum absolute atomic E-state index is 0.00827. The van der Waals surface area contributed by atoms with Crippen LogP contribution in [-0.2, 0) is 19.1 Å². The maximum Gasteiger partial charge on any atom is 0.306 e. The molecule has 1 rings (SSSR count). The first-order valence-corrected chi connectivity index (χ1v) is 6.69. The van der Waals surface area contributed by atoms with Crippen LogP contribution >= 0.6 is 0 Å². The normalized spacial score (nSPS) is 9.81. The van der Waals surface area contributed by atoms with E-state index in [0.29, 0.717) is 18.0 Å². The van der Waals surface area contributed by atoms with Crippen LogP contribution in [0, 0.1) is 0 Å². The third-order valence-electron chi connectivity index (χ3n) is 2.49. The van der Waals surface area contributed by atoms with Gasteiger partial charge in [-0.15, -0.1) is 0 Å². The Labute approximate surface area is 123 Å². The lowest BCUT2D eigenvalue weighted by Gasteiger charge is -2.07. The van der Waals surface area contributed by atoms with Crippen LogP contribution in [-0.4, -0.2) is 30.9 Å². The van der Waals surface area contributed by atoms with Crippen LogP contribution in [0.5, 0.6) is 5.75 Å². The topological polar surface area (TPSA) is 81.7 Å². The summed E-state index contributed by atoms with van der Waals surface area (Å²) in [7, 11) is 0. The first kappa shape index (κ1) is 16.7. The van der Waals surface area contributed by atoms with E-state index in [9.17, 15) is 14.4 Å². The lowest BCUT2D eigenvalue weighted by Crippen LogP contribution is -2.21. The van der Waals surface area contributed by atoms with Gasteiger partial charge in [0.05, 0.1) is 13.0 Å². The van der Waals surface area contributed by atoms with Gasteiger partial charge in [0, 0.05) is 12.1 Å². The van der Waals surface area contributed by atoms with E-state index in [4.69, 9.17) is 9.47 Å². The minimum Gasteiger partial charge on any atom is -0.494 e. The first-order chi connectivity index (χ1) is 10.0. The number of benzene rings is 1. The van der Waals surface area contributed by atoms with Gasteiger partial charge in [-0.2, -0.15) is 0 Å². The smallest absolute Gasteiger partial charge is 0.306 e. The fraction of sp³-hybridized carbons (Fsp3) is 0.400. The number of carbonyl (C=O) groups is 3. The molecular formula is C15H19NO5. The molecule has 0 aliphatic heterocycles. The van der Waals surface area contributed by atoms with Crippen LogP contribution in [0.1, 0.15) is 26.7 Å². The van der Waals surface area contributed by atoms with Gasteiger partial charge in [-0.25, -0.2) is 0 Å². The summed E-state index contributed by atoms with van der Waals surface area (Å²) in [6.07, 6.45) is 0.116. The average molecular weight is 293 g/mol. The fourth-order valence-corrected chi connectivity index (χ4v) is 1.49. The Hall–Kier alpha value is -2.37. The molecule has 0 aliphatic carbocycles. The summed E-state index contributed by atoms with van der Waals surface area (Å²) in [6.45, 7) is 3.48. The maximum atomic E-state index is 11.6. The molecular weight excluding hydrogens is 274 g/mol. The Kier molecular flexibility index (Phi) is 6.94. The predicted octanol–water partition coefficient (Wildman–Crippen LogP) is 1.94. The molecule has 0 aliphatic rings. The van der Waals surface area contributed by atoms with Crippen molar-refractivity contribution in [3.8, 4) is 5.75 Å². The first-order valence-electron chi connectivity index (χ1n) is 6.69. The zero-order valence-corrected chi connectivity index (χ0v) is 12.2. The molecule has 0 atom stereocenters. The van der Waals surface area contributed by atoms with E-state index < -0.39 is 11.9 Å². The average Bonchev–Trinajstić information content (AvgIpc) is 2.45. The zero-order valence-electron chi connectivity index (χ0n) is 12.2. The van der Waals surface area contributed by atoms with Gasteiger partial charge in [0.2, 0.25) is 0 Å². The van der Waals surface area contributed by atoms with Crippen molar-refractivity contribution in [1.82, 2.24) is 0 Å². The molecule has 0 heterocycles. The largest absolute Gasteiger partial charge is 0.494 e. The summed E-state index contributed by atoms with van der Waals surface area (Å²) in [5, 5.41) is 2.59. The summed E-state index contributed by atoms with van der Waals surface area (Å²) in [5.74, 6) is -0.376. The number of nitrogens with one attached hydrogen (secondary N) is 1. The SMILES string of the molecule is CCOc1ccc(NC(=O)COC(=O)CCC(C)=O)cc1. The van der Waals surface area contributed by atoms with Gasteiger partial charge in [0.1, 0.15) is 11.5 Å². The molecule has 0 fully saturated rings. The quantitative estimate of drug-likeness (QED) is 0.741. The second-order valence-corrected chi connectivity index (χ2v) is 4.37. The van der Waals surface area contributed by atoms with E-state index in [1.165, 1.54) is 6.92 Å². The van der Waals surface area contributed by atoms with Gasteiger partial charge in [-0.1, -0.05) is 0 Å². The van der Waals surface area contributed by atoms with Crippen LogP contribution in [0.25, 0.3) is 0 Å². The standard InChI is InChI=1S/C15H19NO5/c1-3-20-13-7-5-12(6-8-13)16-14(18)10-21-15(19)9-4-11(2)17/h5-8H,3-4,9-10H2,1-2H3,(H,16,18). The van der Waals surface area contributed by atoms with Crippen molar-refractivity contribution < 1.29 is 23.9 Å². The van der Waals surface area contributed by atoms with Crippen molar-refractivity contribution in [2.75, 3.05) is 18.5 Å². The predicted molar refractivity (Wildman–Crippen MR) is 77.1 cm³/mol. The number of carbonyl (C=O) groups excluding carboxylic acids is 3. The third kappa shape index (κ3) is 7.10. The van der Waals surface area contributed by atoms with Crippen LogP contribution in [0.2, 0.25) is 0 Å². The molecule has 1 amide bonds. The van der Waals surface area contributed by atoms with Crippen molar-refractivity contribution in [3.63, 3.8) is 0 Å². The Balaban J connectivity index is 2.33. The number of anilines is 1. The highest BCUT2D eigenvalue weighted by Gasteiger charge is 2.09. The second-order valence-electron chi connectivity index (χ2n) is 4.37. The number of rotatable bonds is 8. The maximum absolute atomic E-state index is 11.6. The highest BCUT2D eigenvalue weighted by molar-refractivity contribution is 5.93. The summed E-state index contributed by atoms with van der Waals surface area (Å²) in [6, 6.07) is 6.86. The molecule has 0 saturated carbocycles. The third-order valence-corrected chi connectivity index (χ3v) is 2.49. The van der Waals surface area contributed by atoms with E-state index in [0.717, 1.165) is 0 Å². The van der Waals surface area contributed by atoms with Crippen LogP contribution in [0.15, 0.2) is 24.3 Å². The number of hydrogen-bond acceptors (Lipinski definition) is 5. The Morgan fingerprint density at radius 2 is 1.76 bits per heavy atom. The number of ether oxygens (including phenoxy) is 2. The van der Waals surface area contributed by atoms with Crippen molar-refractivity contribution in [2.45, 2.75) is 26.7 Å². The molecule has 0 aromatic heterocycles. The molecule has 114 valence electrons. The number of esters is 1. The summed E-state index contributed by atoms with van der Waals surface area (Å²) in [5.41, 5.74) is 0.586. The van der Waals surface area contributed by atoms with Gasteiger partial charge in [-0.05, 0) is 38.1 Å². The molecule has 0 saturated heterocycles. The van der Waals surface area contributed by atoms with Gasteiger partial charge in [0.15, 0.2) is 6.61 Å².